The highest BCUT2D eigenvalue weighted by Gasteiger charge is 2.41. The number of carbonyl (C=O) groups excluding carboxylic acids is 6. The topological polar surface area (TPSA) is 142 Å². The lowest BCUT2D eigenvalue weighted by Crippen LogP contribution is -2.48. The molecule has 0 unspecified atom stereocenters. The van der Waals surface area contributed by atoms with E-state index in [-0.39, 0.29) is 61.0 Å². The van der Waals surface area contributed by atoms with E-state index in [1.165, 1.54) is 4.90 Å². The molecule has 11 heteroatoms. The Morgan fingerprint density at radius 1 is 0.870 bits per heavy atom. The summed E-state index contributed by atoms with van der Waals surface area (Å²) >= 11 is 0. The molecule has 0 saturated carbocycles. The number of imide groups is 1. The molecule has 238 valence electrons. The molecule has 0 aliphatic carbocycles. The molecule has 0 saturated heterocycles. The van der Waals surface area contributed by atoms with Gasteiger partial charge in [-0.05, 0) is 62.1 Å². The molecule has 0 spiro atoms. The second kappa shape index (κ2) is 14.2. The van der Waals surface area contributed by atoms with Crippen molar-refractivity contribution < 1.29 is 33.5 Å². The number of benzene rings is 3. The van der Waals surface area contributed by atoms with Crippen LogP contribution in [-0.4, -0.2) is 61.2 Å². The fraction of sp³-hybridized carbons (Fsp3) is 0.314. The third kappa shape index (κ3) is 6.98. The van der Waals surface area contributed by atoms with Gasteiger partial charge in [-0.25, -0.2) is 9.69 Å². The molecule has 5 rings (SSSR count). The van der Waals surface area contributed by atoms with E-state index in [2.05, 4.69) is 10.6 Å². The highest BCUT2D eigenvalue weighted by Crippen LogP contribution is 2.38. The summed E-state index contributed by atoms with van der Waals surface area (Å²) in [4.78, 5) is 79.6. The number of amides is 5. The predicted molar refractivity (Wildman–Crippen MR) is 170 cm³/mol. The maximum Gasteiger partial charge on any atom is 0.329 e. The first-order valence-corrected chi connectivity index (χ1v) is 15.4. The summed E-state index contributed by atoms with van der Waals surface area (Å²) in [5, 5.41) is 5.49. The minimum absolute atomic E-state index is 0.0890. The van der Waals surface area contributed by atoms with Crippen molar-refractivity contribution in [3.63, 3.8) is 0 Å². The van der Waals surface area contributed by atoms with Crippen LogP contribution in [0.5, 0.6) is 0 Å². The van der Waals surface area contributed by atoms with Crippen molar-refractivity contribution in [1.29, 1.82) is 0 Å². The van der Waals surface area contributed by atoms with Crippen molar-refractivity contribution in [1.82, 2.24) is 10.6 Å². The smallest absolute Gasteiger partial charge is 0.329 e. The highest BCUT2D eigenvalue weighted by atomic mass is 16.5. The average molecular weight is 625 g/mol. The Labute approximate surface area is 266 Å². The van der Waals surface area contributed by atoms with Gasteiger partial charge in [0.05, 0.1) is 42.1 Å². The second-order valence-electron chi connectivity index (χ2n) is 11.3. The van der Waals surface area contributed by atoms with E-state index in [0.717, 1.165) is 16.0 Å². The number of rotatable bonds is 12. The van der Waals surface area contributed by atoms with Crippen LogP contribution in [0.4, 0.5) is 11.4 Å². The van der Waals surface area contributed by atoms with Gasteiger partial charge in [-0.15, -0.1) is 0 Å². The lowest BCUT2D eigenvalue weighted by Gasteiger charge is -2.25. The van der Waals surface area contributed by atoms with Gasteiger partial charge in [0.2, 0.25) is 17.7 Å². The van der Waals surface area contributed by atoms with Crippen LogP contribution in [0, 0.1) is 6.92 Å². The lowest BCUT2D eigenvalue weighted by atomic mass is 10.1. The van der Waals surface area contributed by atoms with Gasteiger partial charge in [0, 0.05) is 19.4 Å². The molecule has 3 aromatic rings. The first-order valence-electron chi connectivity index (χ1n) is 15.4. The summed E-state index contributed by atoms with van der Waals surface area (Å²) in [5.41, 5.74) is 3.91. The number of hydrogen-bond donors (Lipinski definition) is 2. The Hall–Kier alpha value is -5.32. The van der Waals surface area contributed by atoms with Crippen molar-refractivity contribution >= 4 is 46.9 Å². The summed E-state index contributed by atoms with van der Waals surface area (Å²) in [6.45, 7) is 3.83. The Morgan fingerprint density at radius 2 is 1.61 bits per heavy atom. The Morgan fingerprint density at radius 3 is 2.30 bits per heavy atom. The molecule has 0 fully saturated rings. The standard InChI is InChI=1S/C35H36N4O7/c1-3-46-35(45)29-19-24-14-15-25(38-33(43)26-11-4-5-12-27(26)34(38)44)20-28(24)39(29)32(42)21-37-30(40)13-6-7-16-36-31(41)18-23-10-8-9-22(2)17-23/h4-5,8-12,14-15,17,20,29H,3,6-7,13,16,18-19,21H2,1-2H3,(H,36,41)(H,37,40)/t29-/m0/s1. The number of hydrogen-bond acceptors (Lipinski definition) is 7. The van der Waals surface area contributed by atoms with Crippen LogP contribution in [0.2, 0.25) is 0 Å². The first-order chi connectivity index (χ1) is 22.2. The van der Waals surface area contributed by atoms with Crippen molar-refractivity contribution in [3.05, 3.63) is 94.5 Å². The number of ether oxygens (including phenoxy) is 1. The number of carbonyl (C=O) groups is 6. The Bertz CT molecular complexity index is 1670. The normalized spacial score (nSPS) is 15.0. The van der Waals surface area contributed by atoms with E-state index in [1.807, 2.05) is 31.2 Å². The molecule has 46 heavy (non-hydrogen) atoms. The van der Waals surface area contributed by atoms with E-state index in [1.54, 1.807) is 49.4 Å². The molecule has 2 heterocycles. The molecule has 2 aliphatic heterocycles. The van der Waals surface area contributed by atoms with Crippen molar-refractivity contribution in [2.75, 3.05) is 29.5 Å². The molecule has 5 amide bonds. The highest BCUT2D eigenvalue weighted by molar-refractivity contribution is 6.34. The van der Waals surface area contributed by atoms with Crippen LogP contribution < -0.4 is 20.4 Å². The quantitative estimate of drug-likeness (QED) is 0.179. The molecule has 1 atom stereocenters. The molecule has 3 aromatic carbocycles. The summed E-state index contributed by atoms with van der Waals surface area (Å²) < 4.78 is 5.23. The lowest BCUT2D eigenvalue weighted by molar-refractivity contribution is -0.145. The number of unbranched alkanes of at least 4 members (excludes halogenated alkanes) is 1. The van der Waals surface area contributed by atoms with Gasteiger partial charge >= 0.3 is 5.97 Å². The number of nitrogens with one attached hydrogen (secondary N) is 2. The van der Waals surface area contributed by atoms with Crippen molar-refractivity contribution in [3.8, 4) is 0 Å². The van der Waals surface area contributed by atoms with E-state index in [0.29, 0.717) is 30.6 Å². The van der Waals surface area contributed by atoms with Gasteiger partial charge in [-0.2, -0.15) is 0 Å². The van der Waals surface area contributed by atoms with Crippen LogP contribution in [0.3, 0.4) is 0 Å². The van der Waals surface area contributed by atoms with Crippen LogP contribution in [0.25, 0.3) is 0 Å². The fourth-order valence-electron chi connectivity index (χ4n) is 5.77. The maximum absolute atomic E-state index is 13.5. The molecular formula is C35H36N4O7. The maximum atomic E-state index is 13.5. The minimum Gasteiger partial charge on any atom is -0.464 e. The monoisotopic (exact) mass is 624 g/mol. The molecule has 0 aromatic heterocycles. The molecule has 2 N–H and O–H groups in total. The summed E-state index contributed by atoms with van der Waals surface area (Å²) in [7, 11) is 0. The van der Waals surface area contributed by atoms with Crippen LogP contribution in [0.1, 0.15) is 63.6 Å². The fourth-order valence-corrected chi connectivity index (χ4v) is 5.77. The van der Waals surface area contributed by atoms with Gasteiger partial charge in [0.25, 0.3) is 11.8 Å². The van der Waals surface area contributed by atoms with Crippen molar-refractivity contribution in [2.45, 2.75) is 52.0 Å². The number of nitrogens with zero attached hydrogens (tertiary/aromatic N) is 2. The zero-order valence-corrected chi connectivity index (χ0v) is 25.8. The predicted octanol–water partition coefficient (Wildman–Crippen LogP) is 3.26. The van der Waals surface area contributed by atoms with E-state index in [4.69, 9.17) is 4.74 Å². The van der Waals surface area contributed by atoms with E-state index in [9.17, 15) is 28.8 Å². The minimum atomic E-state index is -0.958. The van der Waals surface area contributed by atoms with Crippen molar-refractivity contribution in [2.24, 2.45) is 0 Å². The number of anilines is 2. The van der Waals surface area contributed by atoms with E-state index >= 15 is 0 Å². The number of aryl methyl sites for hydroxylation is 1. The molecule has 11 nitrogen and oxygen atoms in total. The number of fused-ring (bicyclic) bond motifs is 2. The Balaban J connectivity index is 1.17. The van der Waals surface area contributed by atoms with Gasteiger partial charge in [0.1, 0.15) is 6.04 Å². The Kier molecular flexibility index (Phi) is 9.90. The zero-order valence-electron chi connectivity index (χ0n) is 25.8. The molecule has 0 radical (unpaired) electrons. The number of esters is 1. The first kappa shape index (κ1) is 32.1. The zero-order chi connectivity index (χ0) is 32.8. The van der Waals surface area contributed by atoms with E-state index < -0.39 is 29.7 Å². The van der Waals surface area contributed by atoms with Crippen LogP contribution in [-0.2, 0) is 36.8 Å². The summed E-state index contributed by atoms with van der Waals surface area (Å²) in [6, 6.07) is 18.2. The second-order valence-corrected chi connectivity index (χ2v) is 11.3. The SMILES string of the molecule is CCOC(=O)[C@@H]1Cc2ccc(N3C(=O)c4ccccc4C3=O)cc2N1C(=O)CNC(=O)CCCCNC(=O)Cc1cccc(C)c1. The third-order valence-corrected chi connectivity index (χ3v) is 7.97. The van der Waals surface area contributed by atoms with Gasteiger partial charge in [-0.1, -0.05) is 48.0 Å². The molecule has 0 bridgehead atoms. The molecule has 2 aliphatic rings. The average Bonchev–Trinajstić information content (AvgIpc) is 3.54. The van der Waals surface area contributed by atoms with Crippen LogP contribution >= 0.6 is 0 Å². The van der Waals surface area contributed by atoms with Gasteiger partial charge in [0.15, 0.2) is 0 Å². The van der Waals surface area contributed by atoms with Crippen LogP contribution in [0.15, 0.2) is 66.7 Å². The molecular weight excluding hydrogens is 588 g/mol. The summed E-state index contributed by atoms with van der Waals surface area (Å²) in [5.74, 6) is -2.51. The summed E-state index contributed by atoms with van der Waals surface area (Å²) in [6.07, 6.45) is 1.73. The largest absolute Gasteiger partial charge is 0.464 e. The third-order valence-electron chi connectivity index (χ3n) is 7.97. The van der Waals surface area contributed by atoms with Gasteiger partial charge in [-0.3, -0.25) is 28.9 Å². The van der Waals surface area contributed by atoms with Gasteiger partial charge < -0.3 is 15.4 Å².